The monoisotopic (exact) mass is 352 g/mol. The Labute approximate surface area is 147 Å². The van der Waals surface area contributed by atoms with Crippen molar-refractivity contribution in [2.45, 2.75) is 44.2 Å². The lowest BCUT2D eigenvalue weighted by molar-refractivity contribution is -0.121. The Morgan fingerprint density at radius 3 is 2.62 bits per heavy atom. The second kappa shape index (κ2) is 8.19. The summed E-state index contributed by atoms with van der Waals surface area (Å²) in [5, 5.41) is 12.8. The van der Waals surface area contributed by atoms with Gasteiger partial charge < -0.3 is 20.1 Å². The smallest absolute Gasteiger partial charge is 0.224 e. The van der Waals surface area contributed by atoms with Gasteiger partial charge >= 0.3 is 0 Å². The van der Waals surface area contributed by atoms with E-state index >= 15 is 0 Å². The van der Waals surface area contributed by atoms with Crippen molar-refractivity contribution in [3.8, 4) is 5.75 Å². The van der Waals surface area contributed by atoms with Crippen molar-refractivity contribution in [1.82, 2.24) is 10.2 Å². The molecule has 0 bridgehead atoms. The van der Waals surface area contributed by atoms with Crippen LogP contribution >= 0.6 is 11.6 Å². The Morgan fingerprint density at radius 1 is 1.25 bits per heavy atom. The van der Waals surface area contributed by atoms with Crippen LogP contribution in [0.3, 0.4) is 0 Å². The maximum Gasteiger partial charge on any atom is 0.224 e. The van der Waals surface area contributed by atoms with Crippen LogP contribution in [-0.4, -0.2) is 54.3 Å². The Bertz CT molecular complexity index is 567. The first kappa shape index (κ1) is 17.5. The predicted molar refractivity (Wildman–Crippen MR) is 93.4 cm³/mol. The number of phenolic OH excluding ortho intramolecular Hbond substituents is 1. The van der Waals surface area contributed by atoms with E-state index in [-0.39, 0.29) is 22.7 Å². The molecule has 0 aliphatic carbocycles. The highest BCUT2D eigenvalue weighted by Crippen LogP contribution is 2.24. The summed E-state index contributed by atoms with van der Waals surface area (Å²) in [5.41, 5.74) is 0.815. The number of benzene rings is 1. The van der Waals surface area contributed by atoms with E-state index < -0.39 is 0 Å². The summed E-state index contributed by atoms with van der Waals surface area (Å²) in [5.74, 6) is 0.0579. The number of rotatable bonds is 4. The van der Waals surface area contributed by atoms with Gasteiger partial charge in [0.15, 0.2) is 0 Å². The molecule has 6 heteroatoms. The molecule has 0 saturated carbocycles. The van der Waals surface area contributed by atoms with Gasteiger partial charge in [0, 0.05) is 38.4 Å². The number of aromatic hydroxyl groups is 1. The number of halogens is 1. The number of carbonyl (C=O) groups is 1. The van der Waals surface area contributed by atoms with Crippen LogP contribution in [0.15, 0.2) is 18.2 Å². The number of hydrogen-bond acceptors (Lipinski definition) is 4. The topological polar surface area (TPSA) is 61.8 Å². The summed E-state index contributed by atoms with van der Waals surface area (Å²) >= 11 is 5.88. The highest BCUT2D eigenvalue weighted by atomic mass is 35.5. The molecule has 0 radical (unpaired) electrons. The molecule has 1 amide bonds. The summed E-state index contributed by atoms with van der Waals surface area (Å²) in [6.45, 7) is 3.83. The minimum atomic E-state index is 0.0151. The van der Waals surface area contributed by atoms with E-state index in [0.29, 0.717) is 12.5 Å². The number of hydrogen-bond donors (Lipinski definition) is 2. The molecule has 0 unspecified atom stereocenters. The van der Waals surface area contributed by atoms with E-state index in [1.807, 2.05) is 0 Å². The first-order valence-corrected chi connectivity index (χ1v) is 9.08. The van der Waals surface area contributed by atoms with E-state index in [9.17, 15) is 9.90 Å². The number of likely N-dealkylation sites (tertiary alicyclic amines) is 1. The average Bonchev–Trinajstić information content (AvgIpc) is 2.59. The van der Waals surface area contributed by atoms with Gasteiger partial charge in [-0.1, -0.05) is 17.7 Å². The van der Waals surface area contributed by atoms with E-state index in [0.717, 1.165) is 57.6 Å². The highest BCUT2D eigenvalue weighted by molar-refractivity contribution is 6.32. The molecule has 2 heterocycles. The van der Waals surface area contributed by atoms with Gasteiger partial charge in [-0.25, -0.2) is 0 Å². The predicted octanol–water partition coefficient (Wildman–Crippen LogP) is 2.35. The third kappa shape index (κ3) is 4.62. The maximum atomic E-state index is 12.2. The molecule has 2 aliphatic rings. The quantitative estimate of drug-likeness (QED) is 0.873. The highest BCUT2D eigenvalue weighted by Gasteiger charge is 2.27. The largest absolute Gasteiger partial charge is 0.506 e. The van der Waals surface area contributed by atoms with Crippen molar-refractivity contribution in [2.24, 2.45) is 0 Å². The number of carbonyl (C=O) groups excluding carboxylic acids is 1. The molecule has 3 rings (SSSR count). The SMILES string of the molecule is O=C(Cc1ccc(O)c(Cl)c1)NC1CCN(C2CCOCC2)CC1. The van der Waals surface area contributed by atoms with Gasteiger partial charge in [0.25, 0.3) is 0 Å². The minimum absolute atomic E-state index is 0.0151. The van der Waals surface area contributed by atoms with Crippen LogP contribution in [0.5, 0.6) is 5.75 Å². The molecule has 24 heavy (non-hydrogen) atoms. The number of amides is 1. The molecule has 2 fully saturated rings. The van der Waals surface area contributed by atoms with Gasteiger partial charge in [-0.3, -0.25) is 4.79 Å². The minimum Gasteiger partial charge on any atom is -0.506 e. The Balaban J connectivity index is 1.43. The fourth-order valence-corrected chi connectivity index (χ4v) is 3.79. The number of piperidine rings is 1. The average molecular weight is 353 g/mol. The molecule has 1 aromatic rings. The Hall–Kier alpha value is -1.30. The molecule has 1 aromatic carbocycles. The number of ether oxygens (including phenoxy) is 1. The molecule has 5 nitrogen and oxygen atoms in total. The summed E-state index contributed by atoms with van der Waals surface area (Å²) in [7, 11) is 0. The standard InChI is InChI=1S/C18H25ClN2O3/c19-16-11-13(1-2-17(16)22)12-18(23)20-14-3-7-21(8-4-14)15-5-9-24-10-6-15/h1-2,11,14-15,22H,3-10,12H2,(H,20,23). The van der Waals surface area contributed by atoms with Crippen molar-refractivity contribution in [3.05, 3.63) is 28.8 Å². The first-order chi connectivity index (χ1) is 11.6. The van der Waals surface area contributed by atoms with Crippen LogP contribution in [0.25, 0.3) is 0 Å². The van der Waals surface area contributed by atoms with Gasteiger partial charge in [0.1, 0.15) is 5.75 Å². The normalized spacial score (nSPS) is 20.9. The van der Waals surface area contributed by atoms with E-state index in [4.69, 9.17) is 16.3 Å². The van der Waals surface area contributed by atoms with E-state index in [1.54, 1.807) is 12.1 Å². The Morgan fingerprint density at radius 2 is 1.96 bits per heavy atom. The van der Waals surface area contributed by atoms with Gasteiger partial charge in [-0.15, -0.1) is 0 Å². The number of nitrogens with zero attached hydrogens (tertiary/aromatic N) is 1. The zero-order chi connectivity index (χ0) is 16.9. The second-order valence-corrected chi connectivity index (χ2v) is 7.09. The van der Waals surface area contributed by atoms with Gasteiger partial charge in [-0.2, -0.15) is 0 Å². The van der Waals surface area contributed by atoms with Crippen LogP contribution in [0.1, 0.15) is 31.2 Å². The zero-order valence-corrected chi connectivity index (χ0v) is 14.6. The summed E-state index contributed by atoms with van der Waals surface area (Å²) in [6, 6.07) is 5.80. The second-order valence-electron chi connectivity index (χ2n) is 6.68. The number of phenols is 1. The number of nitrogens with one attached hydrogen (secondary N) is 1. The molecule has 0 atom stereocenters. The van der Waals surface area contributed by atoms with Crippen molar-refractivity contribution >= 4 is 17.5 Å². The summed E-state index contributed by atoms with van der Waals surface area (Å²) < 4.78 is 5.43. The van der Waals surface area contributed by atoms with E-state index in [2.05, 4.69) is 10.2 Å². The van der Waals surface area contributed by atoms with Crippen molar-refractivity contribution in [3.63, 3.8) is 0 Å². The van der Waals surface area contributed by atoms with Crippen molar-refractivity contribution < 1.29 is 14.6 Å². The first-order valence-electron chi connectivity index (χ1n) is 8.70. The molecule has 2 N–H and O–H groups in total. The molecule has 0 aromatic heterocycles. The van der Waals surface area contributed by atoms with Crippen LogP contribution in [0, 0.1) is 0 Å². The van der Waals surface area contributed by atoms with Gasteiger partial charge in [0.2, 0.25) is 5.91 Å². The maximum absolute atomic E-state index is 12.2. The van der Waals surface area contributed by atoms with Crippen LogP contribution < -0.4 is 5.32 Å². The van der Waals surface area contributed by atoms with Gasteiger partial charge in [-0.05, 0) is 43.4 Å². The van der Waals surface area contributed by atoms with Gasteiger partial charge in [0.05, 0.1) is 11.4 Å². The molecule has 2 aliphatic heterocycles. The fourth-order valence-electron chi connectivity index (χ4n) is 3.58. The lowest BCUT2D eigenvalue weighted by Gasteiger charge is -2.39. The van der Waals surface area contributed by atoms with Crippen LogP contribution in [0.2, 0.25) is 5.02 Å². The summed E-state index contributed by atoms with van der Waals surface area (Å²) in [6.07, 6.45) is 4.54. The Kier molecular flexibility index (Phi) is 5.98. The molecular formula is C18H25ClN2O3. The molecule has 2 saturated heterocycles. The lowest BCUT2D eigenvalue weighted by atomic mass is 9.99. The van der Waals surface area contributed by atoms with E-state index in [1.165, 1.54) is 6.07 Å². The van der Waals surface area contributed by atoms with Crippen LogP contribution in [0.4, 0.5) is 0 Å². The van der Waals surface area contributed by atoms with Crippen LogP contribution in [-0.2, 0) is 16.0 Å². The summed E-state index contributed by atoms with van der Waals surface area (Å²) in [4.78, 5) is 14.8. The molecular weight excluding hydrogens is 328 g/mol. The molecule has 0 spiro atoms. The lowest BCUT2D eigenvalue weighted by Crippen LogP contribution is -2.49. The third-order valence-electron chi connectivity index (χ3n) is 4.98. The van der Waals surface area contributed by atoms with Crippen molar-refractivity contribution in [1.29, 1.82) is 0 Å². The molecule has 132 valence electrons. The van der Waals surface area contributed by atoms with Crippen molar-refractivity contribution in [2.75, 3.05) is 26.3 Å². The third-order valence-corrected chi connectivity index (χ3v) is 5.28. The zero-order valence-electron chi connectivity index (χ0n) is 13.8. The fraction of sp³-hybridized carbons (Fsp3) is 0.611.